The van der Waals surface area contributed by atoms with Gasteiger partial charge in [-0.05, 0) is 53.6 Å². The highest BCUT2D eigenvalue weighted by Gasteiger charge is 2.06. The third-order valence-electron chi connectivity index (χ3n) is 4.19. The molecule has 0 saturated carbocycles. The Balaban J connectivity index is 1.60. The zero-order valence-electron chi connectivity index (χ0n) is 15.5. The number of rotatable bonds is 5. The van der Waals surface area contributed by atoms with E-state index in [1.807, 2.05) is 6.07 Å². The fourth-order valence-corrected chi connectivity index (χ4v) is 2.68. The van der Waals surface area contributed by atoms with Crippen LogP contribution >= 0.6 is 0 Å². The largest absolute Gasteiger partial charge is 0.478 e. The van der Waals surface area contributed by atoms with Crippen molar-refractivity contribution >= 4 is 11.9 Å². The molecule has 3 rings (SSSR count). The van der Waals surface area contributed by atoms with Gasteiger partial charge in [0, 0.05) is 24.1 Å². The monoisotopic (exact) mass is 387 g/mol. The maximum absolute atomic E-state index is 13.2. The molecular weight excluding hydrogens is 369 g/mol. The lowest BCUT2D eigenvalue weighted by Crippen LogP contribution is -2.22. The van der Waals surface area contributed by atoms with Crippen LogP contribution in [0.4, 0.5) is 4.39 Å². The molecule has 3 aromatic rings. The first-order valence-electron chi connectivity index (χ1n) is 8.95. The first-order chi connectivity index (χ1) is 14.0. The second kappa shape index (κ2) is 9.34. The van der Waals surface area contributed by atoms with Gasteiger partial charge in [-0.15, -0.1) is 0 Å². The Labute approximate surface area is 168 Å². The third-order valence-corrected chi connectivity index (χ3v) is 4.19. The number of carbonyl (C=O) groups excluding carboxylic acids is 1. The van der Waals surface area contributed by atoms with Gasteiger partial charge in [-0.1, -0.05) is 42.2 Å². The predicted molar refractivity (Wildman–Crippen MR) is 108 cm³/mol. The summed E-state index contributed by atoms with van der Waals surface area (Å²) in [7, 11) is 0. The SMILES string of the molecule is O=C(O)c1ccc(CNC(=O)c2cccc(C#CCc3cccc(F)c3)c2)cc1. The van der Waals surface area contributed by atoms with Crippen LogP contribution in [0.2, 0.25) is 0 Å². The van der Waals surface area contributed by atoms with Crippen LogP contribution in [-0.2, 0) is 13.0 Å². The minimum absolute atomic E-state index is 0.199. The Hall–Kier alpha value is -3.91. The summed E-state index contributed by atoms with van der Waals surface area (Å²) in [5.74, 6) is 4.45. The molecule has 3 aromatic carbocycles. The molecule has 0 radical (unpaired) electrons. The van der Waals surface area contributed by atoms with E-state index in [0.29, 0.717) is 17.5 Å². The maximum Gasteiger partial charge on any atom is 0.335 e. The smallest absolute Gasteiger partial charge is 0.335 e. The molecule has 0 saturated heterocycles. The molecule has 0 unspecified atom stereocenters. The van der Waals surface area contributed by atoms with Crippen LogP contribution in [0, 0.1) is 17.7 Å². The average molecular weight is 387 g/mol. The Morgan fingerprint density at radius 1 is 0.897 bits per heavy atom. The van der Waals surface area contributed by atoms with E-state index < -0.39 is 5.97 Å². The average Bonchev–Trinajstić information content (AvgIpc) is 2.72. The summed E-state index contributed by atoms with van der Waals surface area (Å²) in [4.78, 5) is 23.3. The zero-order chi connectivity index (χ0) is 20.6. The highest BCUT2D eigenvalue weighted by atomic mass is 19.1. The van der Waals surface area contributed by atoms with Gasteiger partial charge in [-0.25, -0.2) is 9.18 Å². The normalized spacial score (nSPS) is 9.97. The summed E-state index contributed by atoms with van der Waals surface area (Å²) in [5.41, 5.74) is 2.96. The number of carboxylic acids is 1. The molecular formula is C24H18FNO3. The fraction of sp³-hybridized carbons (Fsp3) is 0.0833. The van der Waals surface area contributed by atoms with Gasteiger partial charge in [0.15, 0.2) is 0 Å². The third kappa shape index (κ3) is 5.78. The molecule has 0 spiro atoms. The minimum Gasteiger partial charge on any atom is -0.478 e. The molecule has 0 atom stereocenters. The van der Waals surface area contributed by atoms with Crippen molar-refractivity contribution in [1.82, 2.24) is 5.32 Å². The van der Waals surface area contributed by atoms with Crippen LogP contribution < -0.4 is 5.32 Å². The molecule has 144 valence electrons. The van der Waals surface area contributed by atoms with Gasteiger partial charge in [0.05, 0.1) is 5.56 Å². The van der Waals surface area contributed by atoms with E-state index >= 15 is 0 Å². The highest BCUT2D eigenvalue weighted by molar-refractivity contribution is 5.94. The molecule has 4 nitrogen and oxygen atoms in total. The number of nitrogens with one attached hydrogen (secondary N) is 1. The Bertz CT molecular complexity index is 1090. The van der Waals surface area contributed by atoms with Gasteiger partial charge in [-0.2, -0.15) is 0 Å². The number of benzene rings is 3. The van der Waals surface area contributed by atoms with E-state index in [1.54, 1.807) is 42.5 Å². The second-order valence-electron chi connectivity index (χ2n) is 6.37. The van der Waals surface area contributed by atoms with Gasteiger partial charge < -0.3 is 10.4 Å². The number of amides is 1. The summed E-state index contributed by atoms with van der Waals surface area (Å²) in [6, 6.07) is 19.6. The van der Waals surface area contributed by atoms with Crippen molar-refractivity contribution in [3.05, 3.63) is 106 Å². The number of carbonyl (C=O) groups is 2. The van der Waals surface area contributed by atoms with Crippen molar-refractivity contribution in [3.63, 3.8) is 0 Å². The molecule has 0 aliphatic heterocycles. The summed E-state index contributed by atoms with van der Waals surface area (Å²) in [6.07, 6.45) is 0.417. The molecule has 0 heterocycles. The van der Waals surface area contributed by atoms with E-state index in [4.69, 9.17) is 5.11 Å². The van der Waals surface area contributed by atoms with Gasteiger partial charge in [-0.3, -0.25) is 4.79 Å². The van der Waals surface area contributed by atoms with Gasteiger partial charge >= 0.3 is 5.97 Å². The second-order valence-corrected chi connectivity index (χ2v) is 6.37. The lowest BCUT2D eigenvalue weighted by molar-refractivity contribution is 0.0696. The van der Waals surface area contributed by atoms with Crippen molar-refractivity contribution in [2.75, 3.05) is 0 Å². The number of carboxylic acid groups (broad SMARTS) is 1. The number of hydrogen-bond donors (Lipinski definition) is 2. The molecule has 0 aliphatic carbocycles. The topological polar surface area (TPSA) is 66.4 Å². The number of hydrogen-bond acceptors (Lipinski definition) is 2. The Morgan fingerprint density at radius 3 is 2.38 bits per heavy atom. The first-order valence-corrected chi connectivity index (χ1v) is 8.95. The van der Waals surface area contributed by atoms with Crippen LogP contribution in [0.15, 0.2) is 72.8 Å². The molecule has 5 heteroatoms. The van der Waals surface area contributed by atoms with Crippen molar-refractivity contribution in [1.29, 1.82) is 0 Å². The summed E-state index contributed by atoms with van der Waals surface area (Å²) < 4.78 is 13.2. The highest BCUT2D eigenvalue weighted by Crippen LogP contribution is 2.08. The van der Waals surface area contributed by atoms with Crippen LogP contribution in [0.3, 0.4) is 0 Å². The standard InChI is InChI=1S/C24H18FNO3/c25-22-9-3-7-18(15-22)5-1-4-17-6-2-8-21(14-17)23(27)26-16-19-10-12-20(13-11-19)24(28)29/h2-3,6-15H,5,16H2,(H,26,27)(H,28,29). The van der Waals surface area contributed by atoms with Crippen molar-refractivity contribution in [2.45, 2.75) is 13.0 Å². The fourth-order valence-electron chi connectivity index (χ4n) is 2.68. The molecule has 1 amide bonds. The molecule has 0 fully saturated rings. The summed E-state index contributed by atoms with van der Waals surface area (Å²) >= 11 is 0. The van der Waals surface area contributed by atoms with Crippen LogP contribution in [-0.4, -0.2) is 17.0 Å². The van der Waals surface area contributed by atoms with Gasteiger partial charge in [0.1, 0.15) is 5.82 Å². The van der Waals surface area contributed by atoms with E-state index in [9.17, 15) is 14.0 Å². The van der Waals surface area contributed by atoms with Gasteiger partial charge in [0.25, 0.3) is 5.91 Å². The number of halogens is 1. The first kappa shape index (κ1) is 19.8. The van der Waals surface area contributed by atoms with Crippen LogP contribution in [0.1, 0.15) is 37.4 Å². The molecule has 0 aromatic heterocycles. The lowest BCUT2D eigenvalue weighted by Gasteiger charge is -2.06. The number of aromatic carboxylic acids is 1. The molecule has 29 heavy (non-hydrogen) atoms. The van der Waals surface area contributed by atoms with Crippen molar-refractivity contribution in [2.24, 2.45) is 0 Å². The van der Waals surface area contributed by atoms with E-state index in [0.717, 1.165) is 11.1 Å². The maximum atomic E-state index is 13.2. The van der Waals surface area contributed by atoms with E-state index in [-0.39, 0.29) is 23.8 Å². The van der Waals surface area contributed by atoms with Crippen LogP contribution in [0.5, 0.6) is 0 Å². The Morgan fingerprint density at radius 2 is 1.66 bits per heavy atom. The summed E-state index contributed by atoms with van der Waals surface area (Å²) in [5, 5.41) is 11.7. The lowest BCUT2D eigenvalue weighted by atomic mass is 10.1. The van der Waals surface area contributed by atoms with Gasteiger partial charge in [0.2, 0.25) is 0 Å². The molecule has 0 bridgehead atoms. The molecule has 0 aliphatic rings. The summed E-state index contributed by atoms with van der Waals surface area (Å²) in [6.45, 7) is 0.286. The van der Waals surface area contributed by atoms with Crippen LogP contribution in [0.25, 0.3) is 0 Å². The van der Waals surface area contributed by atoms with E-state index in [1.165, 1.54) is 24.3 Å². The predicted octanol–water partition coefficient (Wildman–Crippen LogP) is 4.05. The van der Waals surface area contributed by atoms with Crippen molar-refractivity contribution < 1.29 is 19.1 Å². The Kier molecular flexibility index (Phi) is 6.39. The van der Waals surface area contributed by atoms with Crippen molar-refractivity contribution in [3.8, 4) is 11.8 Å². The minimum atomic E-state index is -0.990. The molecule has 2 N–H and O–H groups in total. The zero-order valence-corrected chi connectivity index (χ0v) is 15.5. The quantitative estimate of drug-likeness (QED) is 0.649. The van der Waals surface area contributed by atoms with E-state index in [2.05, 4.69) is 17.2 Å².